The van der Waals surface area contributed by atoms with Crippen LogP contribution in [0.4, 0.5) is 4.79 Å². The highest BCUT2D eigenvalue weighted by molar-refractivity contribution is 7.90. The second-order valence-electron chi connectivity index (χ2n) is 15.2. The molecule has 3 aliphatic rings. The lowest BCUT2D eigenvalue weighted by Gasteiger charge is -2.43. The molecule has 3 aliphatic heterocycles. The monoisotopic (exact) mass is 650 g/mol. The summed E-state index contributed by atoms with van der Waals surface area (Å²) in [6.45, 7) is 14.7. The Morgan fingerprint density at radius 3 is 2.15 bits per heavy atom. The fraction of sp³-hybridized carbons (Fsp3) is 0.583. The van der Waals surface area contributed by atoms with E-state index in [4.69, 9.17) is 0 Å². The number of imide groups is 1. The first kappa shape index (κ1) is 34.1. The topological polar surface area (TPSA) is 98.3 Å². The summed E-state index contributed by atoms with van der Waals surface area (Å²) in [5, 5.41) is 0. The van der Waals surface area contributed by atoms with Crippen molar-refractivity contribution in [3.05, 3.63) is 65.7 Å². The average molecular weight is 651 g/mol. The first-order valence-electron chi connectivity index (χ1n) is 16.5. The van der Waals surface area contributed by atoms with Gasteiger partial charge in [0.1, 0.15) is 5.54 Å². The van der Waals surface area contributed by atoms with Gasteiger partial charge in [0.25, 0.3) is 5.91 Å². The van der Waals surface area contributed by atoms with Crippen molar-refractivity contribution in [2.45, 2.75) is 76.8 Å². The number of sulfone groups is 1. The molecule has 1 spiro atoms. The molecular weight excluding hydrogens is 600 g/mol. The van der Waals surface area contributed by atoms with E-state index in [1.54, 1.807) is 17.0 Å². The molecule has 3 saturated heterocycles. The summed E-state index contributed by atoms with van der Waals surface area (Å²) in [7, 11) is -3.34. The van der Waals surface area contributed by atoms with E-state index < -0.39 is 15.4 Å². The lowest BCUT2D eigenvalue weighted by molar-refractivity contribution is -0.136. The van der Waals surface area contributed by atoms with E-state index in [-0.39, 0.29) is 52.5 Å². The van der Waals surface area contributed by atoms with Gasteiger partial charge in [-0.3, -0.25) is 14.5 Å². The number of hydrogen-bond donors (Lipinski definition) is 0. The van der Waals surface area contributed by atoms with Crippen molar-refractivity contribution in [3.8, 4) is 0 Å². The molecule has 9 nitrogen and oxygen atoms in total. The Balaban J connectivity index is 1.30. The van der Waals surface area contributed by atoms with Gasteiger partial charge < -0.3 is 14.7 Å². The number of piperidine rings is 1. The lowest BCUT2D eigenvalue weighted by atomic mass is 9.83. The highest BCUT2D eigenvalue weighted by Gasteiger charge is 2.58. The molecule has 0 saturated carbocycles. The van der Waals surface area contributed by atoms with E-state index in [9.17, 15) is 22.8 Å². The first-order valence-corrected chi connectivity index (χ1v) is 18.4. The van der Waals surface area contributed by atoms with Gasteiger partial charge in [-0.05, 0) is 53.4 Å². The number of nitrogens with zero attached hydrogens (tertiary/aromatic N) is 4. The second kappa shape index (κ2) is 13.1. The molecule has 0 radical (unpaired) electrons. The first-order chi connectivity index (χ1) is 21.6. The van der Waals surface area contributed by atoms with Crippen LogP contribution in [0.25, 0.3) is 0 Å². The van der Waals surface area contributed by atoms with Crippen LogP contribution in [0.1, 0.15) is 70.9 Å². The maximum Gasteiger partial charge on any atom is 0.327 e. The standard InChI is InChI=1S/C36H50N4O5S/c1-26(2)21-40-34(43)39(22-27-12-14-30(15-13-27)46(6,44)45)33(42)36(40)16-18-37(19-17-36)23-29-24-38(32(41)20-35(3,4)5)25-31(29)28-10-8-7-9-11-28/h7-15,26,29,31H,16-25H2,1-6H3. The Morgan fingerprint density at radius 2 is 1.59 bits per heavy atom. The van der Waals surface area contributed by atoms with Crippen molar-refractivity contribution >= 4 is 27.7 Å². The molecule has 0 aliphatic carbocycles. The normalized spacial score (nSPS) is 22.5. The van der Waals surface area contributed by atoms with E-state index in [1.165, 1.54) is 22.6 Å². The van der Waals surface area contributed by atoms with Crippen molar-refractivity contribution in [2.24, 2.45) is 17.3 Å². The van der Waals surface area contributed by atoms with Gasteiger partial charge in [0.2, 0.25) is 5.91 Å². The Labute approximate surface area is 274 Å². The van der Waals surface area contributed by atoms with Crippen LogP contribution in [-0.2, 0) is 26.0 Å². The molecule has 0 aromatic heterocycles. The van der Waals surface area contributed by atoms with E-state index >= 15 is 0 Å². The van der Waals surface area contributed by atoms with E-state index in [0.717, 1.165) is 25.9 Å². The molecular formula is C36H50N4O5S. The summed E-state index contributed by atoms with van der Waals surface area (Å²) in [4.78, 5) is 49.0. The Hall–Kier alpha value is -3.24. The van der Waals surface area contributed by atoms with Gasteiger partial charge in [-0.15, -0.1) is 0 Å². The Bertz CT molecular complexity index is 1530. The molecule has 3 heterocycles. The molecule has 0 N–H and O–H groups in total. The largest absolute Gasteiger partial charge is 0.342 e. The molecule has 4 amide bonds. The predicted octanol–water partition coefficient (Wildman–Crippen LogP) is 5.02. The number of amides is 4. The predicted molar refractivity (Wildman–Crippen MR) is 179 cm³/mol. The maximum absolute atomic E-state index is 14.1. The second-order valence-corrected chi connectivity index (χ2v) is 17.3. The molecule has 2 unspecified atom stereocenters. The minimum Gasteiger partial charge on any atom is -0.342 e. The number of hydrogen-bond acceptors (Lipinski definition) is 6. The number of carbonyl (C=O) groups excluding carboxylic acids is 3. The van der Waals surface area contributed by atoms with E-state index in [1.807, 2.05) is 11.0 Å². The molecule has 5 rings (SSSR count). The van der Waals surface area contributed by atoms with Gasteiger partial charge in [-0.25, -0.2) is 13.2 Å². The zero-order valence-corrected chi connectivity index (χ0v) is 29.1. The average Bonchev–Trinajstić information content (AvgIpc) is 3.48. The van der Waals surface area contributed by atoms with Crippen LogP contribution in [0.3, 0.4) is 0 Å². The number of rotatable bonds is 9. The van der Waals surface area contributed by atoms with Gasteiger partial charge in [0.05, 0.1) is 11.4 Å². The maximum atomic E-state index is 14.1. The zero-order chi connectivity index (χ0) is 33.4. The minimum atomic E-state index is -3.34. The van der Waals surface area contributed by atoms with Gasteiger partial charge in [0.15, 0.2) is 9.84 Å². The van der Waals surface area contributed by atoms with Gasteiger partial charge in [-0.1, -0.05) is 77.1 Å². The summed E-state index contributed by atoms with van der Waals surface area (Å²) < 4.78 is 23.8. The van der Waals surface area contributed by atoms with Crippen molar-refractivity contribution in [3.63, 3.8) is 0 Å². The Morgan fingerprint density at radius 1 is 0.957 bits per heavy atom. The van der Waals surface area contributed by atoms with Crippen LogP contribution in [-0.4, -0.2) is 96.9 Å². The summed E-state index contributed by atoms with van der Waals surface area (Å²) in [5.74, 6) is 0.769. The Kier molecular flexibility index (Phi) is 9.72. The molecule has 2 aromatic carbocycles. The SMILES string of the molecule is CC(C)CN1C(=O)N(Cc2ccc(S(C)(=O)=O)cc2)C(=O)C12CCN(CC1CN(C(=O)CC(C)(C)C)CC1c1ccccc1)CC2. The van der Waals surface area contributed by atoms with Crippen molar-refractivity contribution in [1.29, 1.82) is 0 Å². The third-order valence-electron chi connectivity index (χ3n) is 9.74. The van der Waals surface area contributed by atoms with Crippen LogP contribution in [0.15, 0.2) is 59.5 Å². The quantitative estimate of drug-likeness (QED) is 0.354. The third kappa shape index (κ3) is 7.33. The van der Waals surface area contributed by atoms with Crippen LogP contribution >= 0.6 is 0 Å². The number of carbonyl (C=O) groups is 3. The summed E-state index contributed by atoms with van der Waals surface area (Å²) in [6, 6.07) is 16.6. The molecule has 10 heteroatoms. The smallest absolute Gasteiger partial charge is 0.327 e. The van der Waals surface area contributed by atoms with Crippen LogP contribution < -0.4 is 0 Å². The van der Waals surface area contributed by atoms with Gasteiger partial charge in [-0.2, -0.15) is 0 Å². The van der Waals surface area contributed by atoms with Crippen molar-refractivity contribution in [1.82, 2.24) is 19.6 Å². The molecule has 2 aromatic rings. The van der Waals surface area contributed by atoms with Crippen LogP contribution in [0.5, 0.6) is 0 Å². The molecule has 0 bridgehead atoms. The molecule has 250 valence electrons. The van der Waals surface area contributed by atoms with Crippen molar-refractivity contribution < 1.29 is 22.8 Å². The lowest BCUT2D eigenvalue weighted by Crippen LogP contribution is -2.57. The van der Waals surface area contributed by atoms with Crippen LogP contribution in [0.2, 0.25) is 0 Å². The molecule has 46 heavy (non-hydrogen) atoms. The summed E-state index contributed by atoms with van der Waals surface area (Å²) >= 11 is 0. The third-order valence-corrected chi connectivity index (χ3v) is 10.9. The minimum absolute atomic E-state index is 0.0702. The zero-order valence-electron chi connectivity index (χ0n) is 28.2. The highest BCUT2D eigenvalue weighted by atomic mass is 32.2. The molecule has 3 fully saturated rings. The van der Waals surface area contributed by atoms with Crippen molar-refractivity contribution in [2.75, 3.05) is 45.5 Å². The van der Waals surface area contributed by atoms with Crippen LogP contribution in [0, 0.1) is 17.3 Å². The van der Waals surface area contributed by atoms with Gasteiger partial charge in [0, 0.05) is 57.9 Å². The summed E-state index contributed by atoms with van der Waals surface area (Å²) in [6.07, 6.45) is 2.80. The number of likely N-dealkylation sites (tertiary alicyclic amines) is 2. The highest BCUT2D eigenvalue weighted by Crippen LogP contribution is 2.40. The fourth-order valence-electron chi connectivity index (χ4n) is 7.39. The summed E-state index contributed by atoms with van der Waals surface area (Å²) in [5.41, 5.74) is 1.02. The number of benzene rings is 2. The van der Waals surface area contributed by atoms with E-state index in [2.05, 4.69) is 63.8 Å². The van der Waals surface area contributed by atoms with E-state index in [0.29, 0.717) is 44.5 Å². The molecule has 2 atom stereocenters. The number of urea groups is 1. The fourth-order valence-corrected chi connectivity index (χ4v) is 8.02. The van der Waals surface area contributed by atoms with Gasteiger partial charge >= 0.3 is 6.03 Å².